The molecule has 0 radical (unpaired) electrons. The zero-order valence-electron chi connectivity index (χ0n) is 14.3. The molecule has 0 atom stereocenters. The zero-order chi connectivity index (χ0) is 19.4. The molecule has 140 valence electrons. The van der Waals surface area contributed by atoms with Gasteiger partial charge in [0.15, 0.2) is 11.5 Å². The summed E-state index contributed by atoms with van der Waals surface area (Å²) in [6, 6.07) is 10.7. The molecule has 1 N–H and O–H groups in total. The average molecular weight is 440 g/mol. The van der Waals surface area contributed by atoms with E-state index in [1.165, 1.54) is 11.8 Å². The Morgan fingerprint density at radius 3 is 2.63 bits per heavy atom. The molecule has 0 aliphatic carbocycles. The lowest BCUT2D eigenvalue weighted by Crippen LogP contribution is -2.17. The van der Waals surface area contributed by atoms with E-state index in [-0.39, 0.29) is 12.5 Å². The fourth-order valence-corrected chi connectivity index (χ4v) is 3.88. The van der Waals surface area contributed by atoms with Crippen LogP contribution >= 0.6 is 47.2 Å². The third-order valence-electron chi connectivity index (χ3n) is 3.61. The first kappa shape index (κ1) is 20.0. The maximum Gasteiger partial charge on any atom is 0.263 e. The van der Waals surface area contributed by atoms with Gasteiger partial charge in [0.1, 0.15) is 10.9 Å². The smallest absolute Gasteiger partial charge is 0.263 e. The fourth-order valence-electron chi connectivity index (χ4n) is 2.37. The number of thiocarbonyl (C=S) groups is 1. The van der Waals surface area contributed by atoms with Gasteiger partial charge >= 0.3 is 0 Å². The van der Waals surface area contributed by atoms with Crippen LogP contribution in [0.3, 0.4) is 0 Å². The molecule has 0 saturated carbocycles. The second-order valence-electron chi connectivity index (χ2n) is 5.52. The second kappa shape index (κ2) is 8.97. The Bertz CT molecular complexity index is 931. The van der Waals surface area contributed by atoms with Gasteiger partial charge in [0.2, 0.25) is 0 Å². The third kappa shape index (κ3) is 5.17. The van der Waals surface area contributed by atoms with Gasteiger partial charge in [0.25, 0.3) is 5.91 Å². The minimum absolute atomic E-state index is 0.194. The van der Waals surface area contributed by atoms with Crippen molar-refractivity contribution in [3.63, 3.8) is 0 Å². The van der Waals surface area contributed by atoms with Crippen molar-refractivity contribution in [3.8, 4) is 11.5 Å². The van der Waals surface area contributed by atoms with Gasteiger partial charge in [0.05, 0.1) is 11.5 Å². The fraction of sp³-hybridized carbons (Fsp3) is 0.158. The summed E-state index contributed by atoms with van der Waals surface area (Å²) in [7, 11) is 0. The molecule has 1 fully saturated rings. The highest BCUT2D eigenvalue weighted by Crippen LogP contribution is 2.33. The number of hydrogen-bond donors (Lipinski definition) is 1. The first-order valence-corrected chi connectivity index (χ1v) is 10.0. The minimum atomic E-state index is -0.194. The van der Waals surface area contributed by atoms with E-state index in [0.29, 0.717) is 37.4 Å². The van der Waals surface area contributed by atoms with Crippen LogP contribution in [0.5, 0.6) is 11.5 Å². The normalized spacial score (nSPS) is 15.1. The number of rotatable bonds is 6. The number of thioether (sulfide) groups is 1. The lowest BCUT2D eigenvalue weighted by atomic mass is 10.2. The summed E-state index contributed by atoms with van der Waals surface area (Å²) >= 11 is 18.3. The summed E-state index contributed by atoms with van der Waals surface area (Å²) in [6.45, 7) is 2.66. The highest BCUT2D eigenvalue weighted by molar-refractivity contribution is 8.26. The number of nitrogens with one attached hydrogen (secondary N) is 1. The van der Waals surface area contributed by atoms with Crippen molar-refractivity contribution in [1.29, 1.82) is 0 Å². The van der Waals surface area contributed by atoms with Gasteiger partial charge in [-0.3, -0.25) is 4.79 Å². The maximum absolute atomic E-state index is 11.8. The van der Waals surface area contributed by atoms with E-state index in [2.05, 4.69) is 5.32 Å². The Kier molecular flexibility index (Phi) is 6.65. The quantitative estimate of drug-likeness (QED) is 0.478. The molecule has 27 heavy (non-hydrogen) atoms. The summed E-state index contributed by atoms with van der Waals surface area (Å²) in [6.07, 6.45) is 1.77. The number of ether oxygens (including phenoxy) is 2. The van der Waals surface area contributed by atoms with Gasteiger partial charge in [-0.15, -0.1) is 0 Å². The van der Waals surface area contributed by atoms with Crippen LogP contribution in [0.1, 0.15) is 18.1 Å². The SMILES string of the molecule is CCOc1cc(/C=C2/SC(=S)NC2=O)ccc1OCc1ccc(Cl)cc1Cl. The molecule has 1 heterocycles. The van der Waals surface area contributed by atoms with E-state index in [0.717, 1.165) is 11.1 Å². The van der Waals surface area contributed by atoms with E-state index in [1.54, 1.807) is 24.3 Å². The Balaban J connectivity index is 1.80. The van der Waals surface area contributed by atoms with Gasteiger partial charge in [-0.05, 0) is 42.8 Å². The van der Waals surface area contributed by atoms with Gasteiger partial charge in [-0.25, -0.2) is 0 Å². The van der Waals surface area contributed by atoms with Gasteiger partial charge < -0.3 is 14.8 Å². The van der Waals surface area contributed by atoms with Crippen molar-refractivity contribution >= 4 is 63.5 Å². The topological polar surface area (TPSA) is 47.6 Å². The number of carbonyl (C=O) groups excluding carboxylic acids is 1. The van der Waals surface area contributed by atoms with Crippen LogP contribution in [-0.4, -0.2) is 16.8 Å². The van der Waals surface area contributed by atoms with E-state index in [1.807, 2.05) is 25.1 Å². The molecule has 2 aromatic carbocycles. The number of carbonyl (C=O) groups is 1. The van der Waals surface area contributed by atoms with Crippen molar-refractivity contribution in [3.05, 3.63) is 62.5 Å². The highest BCUT2D eigenvalue weighted by Gasteiger charge is 2.22. The van der Waals surface area contributed by atoms with Crippen LogP contribution in [0.25, 0.3) is 6.08 Å². The van der Waals surface area contributed by atoms with Crippen LogP contribution in [-0.2, 0) is 11.4 Å². The lowest BCUT2D eigenvalue weighted by Gasteiger charge is -2.13. The first-order chi connectivity index (χ1) is 13.0. The molecule has 0 aromatic heterocycles. The van der Waals surface area contributed by atoms with E-state index in [4.69, 9.17) is 44.9 Å². The van der Waals surface area contributed by atoms with Crippen molar-refractivity contribution in [1.82, 2.24) is 5.32 Å². The predicted octanol–water partition coefficient (Wildman–Crippen LogP) is 5.46. The first-order valence-electron chi connectivity index (χ1n) is 8.04. The summed E-state index contributed by atoms with van der Waals surface area (Å²) in [4.78, 5) is 12.4. The standard InChI is InChI=1S/C19H15Cl2NO3S2/c1-2-24-16-7-11(8-17-18(23)22-19(26)27-17)3-6-15(16)25-10-12-4-5-13(20)9-14(12)21/h3-9H,2,10H2,1H3,(H,22,23,26)/b17-8+. The molecular formula is C19H15Cl2NO3S2. The lowest BCUT2D eigenvalue weighted by molar-refractivity contribution is -0.115. The predicted molar refractivity (Wildman–Crippen MR) is 115 cm³/mol. The van der Waals surface area contributed by atoms with Crippen molar-refractivity contribution < 1.29 is 14.3 Å². The van der Waals surface area contributed by atoms with E-state index < -0.39 is 0 Å². The van der Waals surface area contributed by atoms with Crippen LogP contribution in [0.2, 0.25) is 10.0 Å². The second-order valence-corrected chi connectivity index (χ2v) is 8.08. The van der Waals surface area contributed by atoms with Crippen molar-refractivity contribution in [2.24, 2.45) is 0 Å². The third-order valence-corrected chi connectivity index (χ3v) is 5.36. The molecule has 0 bridgehead atoms. The summed E-state index contributed by atoms with van der Waals surface area (Å²) < 4.78 is 12.0. The Hall–Kier alpha value is -1.73. The molecule has 1 aliphatic heterocycles. The largest absolute Gasteiger partial charge is 0.490 e. The van der Waals surface area contributed by atoms with Gasteiger partial charge in [-0.1, -0.05) is 59.3 Å². The average Bonchev–Trinajstić information content (AvgIpc) is 2.93. The van der Waals surface area contributed by atoms with E-state index >= 15 is 0 Å². The Morgan fingerprint density at radius 1 is 1.15 bits per heavy atom. The summed E-state index contributed by atoms with van der Waals surface area (Å²) in [5.41, 5.74) is 1.64. The maximum atomic E-state index is 11.8. The monoisotopic (exact) mass is 439 g/mol. The minimum Gasteiger partial charge on any atom is -0.490 e. The molecule has 3 rings (SSSR count). The van der Waals surface area contributed by atoms with Crippen LogP contribution in [0.4, 0.5) is 0 Å². The number of amides is 1. The van der Waals surface area contributed by atoms with Crippen molar-refractivity contribution in [2.75, 3.05) is 6.61 Å². The number of hydrogen-bond acceptors (Lipinski definition) is 5. The Morgan fingerprint density at radius 2 is 1.96 bits per heavy atom. The molecule has 1 saturated heterocycles. The number of benzene rings is 2. The molecule has 4 nitrogen and oxygen atoms in total. The Labute approximate surface area is 176 Å². The van der Waals surface area contributed by atoms with Gasteiger partial charge in [0, 0.05) is 15.6 Å². The van der Waals surface area contributed by atoms with Crippen molar-refractivity contribution in [2.45, 2.75) is 13.5 Å². The molecule has 0 spiro atoms. The van der Waals surface area contributed by atoms with Crippen LogP contribution in [0.15, 0.2) is 41.3 Å². The van der Waals surface area contributed by atoms with E-state index in [9.17, 15) is 4.79 Å². The summed E-state index contributed by atoms with van der Waals surface area (Å²) in [5.74, 6) is 0.979. The molecule has 2 aromatic rings. The van der Waals surface area contributed by atoms with Crippen LogP contribution in [0, 0.1) is 0 Å². The molecule has 8 heteroatoms. The van der Waals surface area contributed by atoms with Crippen LogP contribution < -0.4 is 14.8 Å². The molecular weight excluding hydrogens is 425 g/mol. The number of halogens is 2. The molecule has 1 amide bonds. The summed E-state index contributed by atoms with van der Waals surface area (Å²) in [5, 5.41) is 3.71. The highest BCUT2D eigenvalue weighted by atomic mass is 35.5. The molecule has 0 unspecified atom stereocenters. The zero-order valence-corrected chi connectivity index (χ0v) is 17.4. The van der Waals surface area contributed by atoms with Gasteiger partial charge in [-0.2, -0.15) is 0 Å². The molecule has 1 aliphatic rings.